The number of phosphoric acid groups is 2. The van der Waals surface area contributed by atoms with Crippen molar-refractivity contribution in [3.05, 3.63) is 134 Å². The topological polar surface area (TPSA) is 231 Å². The van der Waals surface area contributed by atoms with Gasteiger partial charge in [0.15, 0.2) is 6.10 Å². The van der Waals surface area contributed by atoms with Crippen molar-refractivity contribution in [2.75, 3.05) is 39.6 Å². The molecule has 105 heavy (non-hydrogen) atoms. The third kappa shape index (κ3) is 80.5. The molecule has 0 bridgehead atoms. The summed E-state index contributed by atoms with van der Waals surface area (Å²) in [6, 6.07) is 0. The fourth-order valence-corrected chi connectivity index (χ4v) is 12.5. The Bertz CT molecular complexity index is 2440. The summed E-state index contributed by atoms with van der Waals surface area (Å²) in [5.41, 5.74) is 0. The van der Waals surface area contributed by atoms with Gasteiger partial charge in [0.25, 0.3) is 0 Å². The van der Waals surface area contributed by atoms with Crippen LogP contribution < -0.4 is 0 Å². The summed E-state index contributed by atoms with van der Waals surface area (Å²) in [5.74, 6) is -1.61. The number of allylic oxidation sites excluding steroid dienone is 22. The van der Waals surface area contributed by atoms with Crippen LogP contribution in [0.3, 0.4) is 0 Å². The molecule has 5 unspecified atom stereocenters. The van der Waals surface area contributed by atoms with E-state index in [1.165, 1.54) is 128 Å². The Morgan fingerprint density at radius 1 is 0.267 bits per heavy atom. The molecule has 0 heterocycles. The van der Waals surface area contributed by atoms with Crippen LogP contribution in [0, 0.1) is 0 Å². The molecule has 0 aromatic carbocycles. The standard InChI is InChI=1S/C87H150O16P2/c1-4-7-10-13-16-19-22-25-28-31-34-36-37-38-39-40-41-42-43-45-48-49-52-55-58-61-64-67-70-73-85(90)97-76-82(88)77-99-104(93,94)100-78-83(89)79-101-105(95,96)102-81-84(103-87(92)75-72-69-66-63-60-57-54-51-46-33-30-27-24-21-18-15-12-9-6-3)80-98-86(91)74-71-68-65-62-59-56-53-50-47-44-35-32-29-26-23-20-17-14-11-8-5-2/h16-21,25-30,34-36,38-39,44,46,50-51,53,82-84,88-89H,4-15,22-24,31-33,37,40-43,45,47-49,52,54-81H2,1-3H3,(H,93,94)(H,95,96)/b19-16-,20-17-,21-18-,28-25-,29-26-,30-27-,36-34-,39-38-,44-35-,51-46-,53-50-. The Balaban J connectivity index is 4.61. The van der Waals surface area contributed by atoms with Crippen molar-refractivity contribution in [2.24, 2.45) is 0 Å². The molecule has 0 fully saturated rings. The Morgan fingerprint density at radius 2 is 0.476 bits per heavy atom. The van der Waals surface area contributed by atoms with Crippen LogP contribution in [-0.2, 0) is 55.8 Å². The van der Waals surface area contributed by atoms with Crippen molar-refractivity contribution < 1.29 is 75.8 Å². The highest BCUT2D eigenvalue weighted by atomic mass is 31.2. The van der Waals surface area contributed by atoms with Crippen LogP contribution in [0.2, 0.25) is 0 Å². The van der Waals surface area contributed by atoms with Crippen molar-refractivity contribution in [3.8, 4) is 0 Å². The molecule has 0 aromatic heterocycles. The van der Waals surface area contributed by atoms with Crippen LogP contribution in [0.15, 0.2) is 134 Å². The first-order valence-electron chi connectivity index (χ1n) is 41.5. The number of aliphatic hydroxyl groups excluding tert-OH is 2. The lowest BCUT2D eigenvalue weighted by molar-refractivity contribution is -0.161. The van der Waals surface area contributed by atoms with Crippen molar-refractivity contribution >= 4 is 33.6 Å². The van der Waals surface area contributed by atoms with E-state index in [-0.39, 0.29) is 19.3 Å². The molecule has 5 atom stereocenters. The molecule has 0 amide bonds. The number of carbonyl (C=O) groups is 3. The van der Waals surface area contributed by atoms with Gasteiger partial charge in [-0.15, -0.1) is 0 Å². The minimum absolute atomic E-state index is 0.0826. The number of carbonyl (C=O) groups excluding carboxylic acids is 3. The monoisotopic (exact) mass is 1510 g/mol. The Kier molecular flexibility index (Phi) is 76.0. The number of hydrogen-bond acceptors (Lipinski definition) is 14. The summed E-state index contributed by atoms with van der Waals surface area (Å²) in [6.07, 6.45) is 96.3. The zero-order valence-electron chi connectivity index (χ0n) is 66.1. The van der Waals surface area contributed by atoms with E-state index in [0.29, 0.717) is 19.3 Å². The second-order valence-electron chi connectivity index (χ2n) is 27.6. The maximum atomic E-state index is 13.0. The minimum atomic E-state index is -4.94. The second kappa shape index (κ2) is 79.2. The molecule has 0 saturated heterocycles. The molecule has 0 radical (unpaired) electrons. The van der Waals surface area contributed by atoms with E-state index < -0.39 is 91.5 Å². The van der Waals surface area contributed by atoms with Gasteiger partial charge in [-0.25, -0.2) is 9.13 Å². The Hall–Kier alpha value is -4.31. The third-order valence-corrected chi connectivity index (χ3v) is 19.2. The maximum absolute atomic E-state index is 13.0. The Morgan fingerprint density at radius 3 is 0.752 bits per heavy atom. The van der Waals surface area contributed by atoms with Gasteiger partial charge in [0.1, 0.15) is 25.4 Å². The first kappa shape index (κ1) is 101. The molecular formula is C87H150O16P2. The maximum Gasteiger partial charge on any atom is 0.472 e. The summed E-state index contributed by atoms with van der Waals surface area (Å²) in [4.78, 5) is 58.8. The minimum Gasteiger partial charge on any atom is -0.463 e. The van der Waals surface area contributed by atoms with E-state index in [1.807, 2.05) is 0 Å². The average molecular weight is 1510 g/mol. The van der Waals surface area contributed by atoms with E-state index in [2.05, 4.69) is 154 Å². The SMILES string of the molecule is CCCCC/C=C\C/C=C\C/C=C\C/C=C\CCCCCCCCCCCCCCCC(=O)OCC(O)COP(=O)(O)OCC(O)COP(=O)(O)OCC(COC(=O)CCCCCCC/C=C\C/C=C\C/C=C\C/C=C\CCCCC)OC(=O)CCCCCCCC/C=C\C/C=C\C/C=C\CCCCC. The van der Waals surface area contributed by atoms with Gasteiger partial charge >= 0.3 is 33.6 Å². The Labute approximate surface area is 639 Å². The van der Waals surface area contributed by atoms with Gasteiger partial charge in [0, 0.05) is 19.3 Å². The van der Waals surface area contributed by atoms with Gasteiger partial charge in [-0.05, 0) is 148 Å². The molecule has 0 rings (SSSR count). The zero-order chi connectivity index (χ0) is 76.6. The number of esters is 3. The summed E-state index contributed by atoms with van der Waals surface area (Å²) >= 11 is 0. The summed E-state index contributed by atoms with van der Waals surface area (Å²) in [7, 11) is -9.81. The van der Waals surface area contributed by atoms with Gasteiger partial charge in [-0.2, -0.15) is 0 Å². The average Bonchev–Trinajstić information content (AvgIpc) is 0.911. The van der Waals surface area contributed by atoms with E-state index >= 15 is 0 Å². The first-order valence-corrected chi connectivity index (χ1v) is 44.5. The number of rotatable bonds is 78. The number of phosphoric ester groups is 2. The largest absolute Gasteiger partial charge is 0.472 e. The highest BCUT2D eigenvalue weighted by molar-refractivity contribution is 7.47. The lowest BCUT2D eigenvalue weighted by atomic mass is 10.0. The van der Waals surface area contributed by atoms with Crippen LogP contribution in [0.1, 0.15) is 342 Å². The van der Waals surface area contributed by atoms with E-state index in [1.54, 1.807) is 0 Å². The van der Waals surface area contributed by atoms with E-state index in [4.69, 9.17) is 32.3 Å². The van der Waals surface area contributed by atoms with Crippen LogP contribution in [0.5, 0.6) is 0 Å². The summed E-state index contributed by atoms with van der Waals surface area (Å²) in [5, 5.41) is 20.7. The molecule has 0 aliphatic carbocycles. The van der Waals surface area contributed by atoms with E-state index in [9.17, 15) is 43.5 Å². The predicted octanol–water partition coefficient (Wildman–Crippen LogP) is 24.7. The lowest BCUT2D eigenvalue weighted by Crippen LogP contribution is -2.30. The van der Waals surface area contributed by atoms with Crippen molar-refractivity contribution in [3.63, 3.8) is 0 Å². The molecule has 0 aliphatic rings. The molecule has 604 valence electrons. The molecule has 0 saturated carbocycles. The lowest BCUT2D eigenvalue weighted by Gasteiger charge is -2.21. The van der Waals surface area contributed by atoms with Gasteiger partial charge in [-0.1, -0.05) is 309 Å². The zero-order valence-corrected chi connectivity index (χ0v) is 67.9. The van der Waals surface area contributed by atoms with Gasteiger partial charge < -0.3 is 34.2 Å². The summed E-state index contributed by atoms with van der Waals surface area (Å²) in [6.45, 7) is 2.58. The van der Waals surface area contributed by atoms with Crippen LogP contribution in [-0.4, -0.2) is 95.9 Å². The number of hydrogen-bond donors (Lipinski definition) is 4. The molecular weight excluding hydrogens is 1360 g/mol. The number of ether oxygens (including phenoxy) is 3. The molecule has 16 nitrogen and oxygen atoms in total. The first-order chi connectivity index (χ1) is 51.2. The smallest absolute Gasteiger partial charge is 0.463 e. The van der Waals surface area contributed by atoms with Gasteiger partial charge in [0.05, 0.1) is 26.4 Å². The fraction of sp³-hybridized carbons (Fsp3) is 0.713. The van der Waals surface area contributed by atoms with Crippen LogP contribution in [0.4, 0.5) is 0 Å². The van der Waals surface area contributed by atoms with Crippen molar-refractivity contribution in [1.82, 2.24) is 0 Å². The second-order valence-corrected chi connectivity index (χ2v) is 30.5. The predicted molar refractivity (Wildman–Crippen MR) is 436 cm³/mol. The normalized spacial score (nSPS) is 14.6. The van der Waals surface area contributed by atoms with Crippen molar-refractivity contribution in [2.45, 2.75) is 360 Å². The highest BCUT2D eigenvalue weighted by Crippen LogP contribution is 2.45. The highest BCUT2D eigenvalue weighted by Gasteiger charge is 2.29. The molecule has 0 aliphatic heterocycles. The van der Waals surface area contributed by atoms with Gasteiger partial charge in [-0.3, -0.25) is 32.5 Å². The molecule has 0 aromatic rings. The van der Waals surface area contributed by atoms with Crippen molar-refractivity contribution in [1.29, 1.82) is 0 Å². The molecule has 4 N–H and O–H groups in total. The molecule has 18 heteroatoms. The van der Waals surface area contributed by atoms with Crippen LogP contribution in [0.25, 0.3) is 0 Å². The van der Waals surface area contributed by atoms with E-state index in [0.717, 1.165) is 154 Å². The van der Waals surface area contributed by atoms with Crippen LogP contribution >= 0.6 is 15.6 Å². The summed E-state index contributed by atoms with van der Waals surface area (Å²) < 4.78 is 61.2. The number of unbranched alkanes of at least 4 members (excludes halogenated alkanes) is 33. The number of aliphatic hydroxyl groups is 2. The van der Waals surface area contributed by atoms with Gasteiger partial charge in [0.2, 0.25) is 0 Å². The quantitative estimate of drug-likeness (QED) is 0.0146. The molecule has 0 spiro atoms. The fourth-order valence-electron chi connectivity index (χ4n) is 11.0. The third-order valence-electron chi connectivity index (χ3n) is 17.3.